The normalized spacial score (nSPS) is 11.2. The zero-order chi connectivity index (χ0) is 16.8. The minimum Gasteiger partial charge on any atom is -0.489 e. The number of benzene rings is 2. The summed E-state index contributed by atoms with van der Waals surface area (Å²) in [6.07, 6.45) is 0. The Morgan fingerprint density at radius 1 is 1.13 bits per heavy atom. The van der Waals surface area contributed by atoms with Crippen molar-refractivity contribution in [1.82, 2.24) is 0 Å². The van der Waals surface area contributed by atoms with Gasteiger partial charge in [0.1, 0.15) is 19.5 Å². The maximum absolute atomic E-state index is 11.6. The van der Waals surface area contributed by atoms with E-state index in [-0.39, 0.29) is 5.71 Å². The van der Waals surface area contributed by atoms with Gasteiger partial charge in [-0.15, -0.1) is 0 Å². The Morgan fingerprint density at radius 2 is 1.87 bits per heavy atom. The molecule has 0 bridgehead atoms. The summed E-state index contributed by atoms with van der Waals surface area (Å²) >= 11 is 5.60. The van der Waals surface area contributed by atoms with Crippen molar-refractivity contribution in [3.63, 3.8) is 0 Å². The van der Waals surface area contributed by atoms with Crippen molar-refractivity contribution < 1.29 is 14.4 Å². The first-order chi connectivity index (χ1) is 11.0. The molecular weight excluding hydrogens is 314 g/mol. The predicted octanol–water partition coefficient (Wildman–Crippen LogP) is 4.00. The summed E-state index contributed by atoms with van der Waals surface area (Å²) in [6, 6.07) is 13.2. The fraction of sp³-hybridized carbons (Fsp3) is 0.222. The number of oxime groups is 1. The summed E-state index contributed by atoms with van der Waals surface area (Å²) in [5.41, 5.74) is 3.71. The number of carbonyl (C=O) groups is 1. The smallest absolute Gasteiger partial charge is 0.274 e. The first-order valence-corrected chi connectivity index (χ1v) is 7.50. The molecule has 2 rings (SSSR count). The molecule has 2 aromatic carbocycles. The number of carbonyl (C=O) groups excluding carboxylic acids is 1. The topological polar surface area (TPSA) is 47.9 Å². The van der Waals surface area contributed by atoms with Crippen LogP contribution >= 0.6 is 11.6 Å². The Balaban J connectivity index is 2.29. The van der Waals surface area contributed by atoms with E-state index in [9.17, 15) is 4.79 Å². The SMILES string of the molecule is CO/N=C(/C(=O)Cl)c1ccccc1COc1cccc(C)c1C. The van der Waals surface area contributed by atoms with E-state index in [2.05, 4.69) is 5.16 Å². The van der Waals surface area contributed by atoms with Crippen molar-refractivity contribution in [1.29, 1.82) is 0 Å². The van der Waals surface area contributed by atoms with Gasteiger partial charge in [-0.1, -0.05) is 41.6 Å². The third-order valence-corrected chi connectivity index (χ3v) is 3.76. The first-order valence-electron chi connectivity index (χ1n) is 7.13. The molecule has 0 spiro atoms. The van der Waals surface area contributed by atoms with E-state index >= 15 is 0 Å². The highest BCUT2D eigenvalue weighted by atomic mass is 35.5. The number of hydrogen-bond acceptors (Lipinski definition) is 4. The minimum atomic E-state index is -0.675. The van der Waals surface area contributed by atoms with Crippen molar-refractivity contribution in [3.05, 3.63) is 64.7 Å². The number of ether oxygens (including phenoxy) is 1. The summed E-state index contributed by atoms with van der Waals surface area (Å²) in [6.45, 7) is 4.34. The van der Waals surface area contributed by atoms with Crippen LogP contribution in [-0.4, -0.2) is 18.1 Å². The standard InChI is InChI=1S/C18H18ClNO3/c1-12-7-6-10-16(13(12)2)23-11-14-8-4-5-9-15(14)17(18(19)21)20-22-3/h4-10H,11H2,1-3H3/b20-17+. The van der Waals surface area contributed by atoms with E-state index in [0.29, 0.717) is 12.2 Å². The lowest BCUT2D eigenvalue weighted by atomic mass is 10.0. The van der Waals surface area contributed by atoms with E-state index < -0.39 is 5.24 Å². The first kappa shape index (κ1) is 17.0. The molecule has 4 nitrogen and oxygen atoms in total. The minimum absolute atomic E-state index is 0.0642. The van der Waals surface area contributed by atoms with Crippen LogP contribution in [0.5, 0.6) is 5.75 Å². The highest BCUT2D eigenvalue weighted by molar-refractivity contribution is 6.84. The van der Waals surface area contributed by atoms with Gasteiger partial charge >= 0.3 is 0 Å². The Hall–Kier alpha value is -2.33. The number of hydrogen-bond donors (Lipinski definition) is 0. The van der Waals surface area contributed by atoms with Crippen LogP contribution < -0.4 is 4.74 Å². The summed E-state index contributed by atoms with van der Waals surface area (Å²) in [7, 11) is 1.37. The maximum atomic E-state index is 11.6. The molecule has 0 heterocycles. The van der Waals surface area contributed by atoms with E-state index in [1.54, 1.807) is 6.07 Å². The van der Waals surface area contributed by atoms with Crippen molar-refractivity contribution in [2.45, 2.75) is 20.5 Å². The maximum Gasteiger partial charge on any atom is 0.274 e. The second kappa shape index (κ2) is 7.79. The zero-order valence-electron chi connectivity index (χ0n) is 13.3. The summed E-state index contributed by atoms with van der Waals surface area (Å²) in [4.78, 5) is 16.3. The van der Waals surface area contributed by atoms with Crippen LogP contribution in [0.2, 0.25) is 0 Å². The average Bonchev–Trinajstić information content (AvgIpc) is 2.54. The predicted molar refractivity (Wildman–Crippen MR) is 91.1 cm³/mol. The lowest BCUT2D eigenvalue weighted by Gasteiger charge is -2.13. The van der Waals surface area contributed by atoms with Crippen molar-refractivity contribution in [2.24, 2.45) is 5.16 Å². The third-order valence-electron chi connectivity index (χ3n) is 3.58. The molecule has 0 aliphatic carbocycles. The number of rotatable bonds is 6. The highest BCUT2D eigenvalue weighted by Crippen LogP contribution is 2.22. The van der Waals surface area contributed by atoms with E-state index in [0.717, 1.165) is 22.4 Å². The van der Waals surface area contributed by atoms with Gasteiger partial charge in [-0.05, 0) is 48.2 Å². The van der Waals surface area contributed by atoms with E-state index in [1.165, 1.54) is 7.11 Å². The molecular formula is C18H18ClNO3. The molecule has 0 saturated heterocycles. The van der Waals surface area contributed by atoms with Crippen molar-refractivity contribution in [2.75, 3.05) is 7.11 Å². The molecule has 0 saturated carbocycles. The van der Waals surface area contributed by atoms with Crippen LogP contribution in [0.1, 0.15) is 22.3 Å². The number of halogens is 1. The molecule has 0 unspecified atom stereocenters. The molecule has 5 heteroatoms. The summed E-state index contributed by atoms with van der Waals surface area (Å²) in [5, 5.41) is 3.05. The Bertz CT molecular complexity index is 741. The lowest BCUT2D eigenvalue weighted by Crippen LogP contribution is -2.14. The lowest BCUT2D eigenvalue weighted by molar-refractivity contribution is -0.106. The van der Waals surface area contributed by atoms with Gasteiger partial charge in [0.2, 0.25) is 0 Å². The molecule has 0 amide bonds. The van der Waals surface area contributed by atoms with Crippen molar-refractivity contribution >= 4 is 22.6 Å². The van der Waals surface area contributed by atoms with Gasteiger partial charge in [-0.25, -0.2) is 0 Å². The summed E-state index contributed by atoms with van der Waals surface area (Å²) < 4.78 is 5.90. The fourth-order valence-corrected chi connectivity index (χ4v) is 2.33. The van der Waals surface area contributed by atoms with Gasteiger partial charge in [-0.3, -0.25) is 4.79 Å². The molecule has 0 N–H and O–H groups in total. The molecule has 0 fully saturated rings. The van der Waals surface area contributed by atoms with Crippen LogP contribution in [0.3, 0.4) is 0 Å². The van der Waals surface area contributed by atoms with Gasteiger partial charge in [-0.2, -0.15) is 0 Å². The Morgan fingerprint density at radius 3 is 2.57 bits per heavy atom. The second-order valence-corrected chi connectivity index (χ2v) is 5.38. The number of aryl methyl sites for hydroxylation is 1. The molecule has 0 aliphatic rings. The van der Waals surface area contributed by atoms with Crippen LogP contribution in [0.15, 0.2) is 47.6 Å². The fourth-order valence-electron chi connectivity index (χ4n) is 2.20. The van der Waals surface area contributed by atoms with Crippen LogP contribution in [0.4, 0.5) is 0 Å². The molecule has 0 aromatic heterocycles. The molecule has 23 heavy (non-hydrogen) atoms. The van der Waals surface area contributed by atoms with Gasteiger partial charge in [0.05, 0.1) is 0 Å². The van der Waals surface area contributed by atoms with Crippen molar-refractivity contribution in [3.8, 4) is 5.75 Å². The third kappa shape index (κ3) is 4.11. The average molecular weight is 332 g/mol. The monoisotopic (exact) mass is 331 g/mol. The summed E-state index contributed by atoms with van der Waals surface area (Å²) in [5.74, 6) is 0.808. The molecule has 0 atom stereocenters. The van der Waals surface area contributed by atoms with Crippen LogP contribution in [0, 0.1) is 13.8 Å². The van der Waals surface area contributed by atoms with Crippen LogP contribution in [-0.2, 0) is 16.2 Å². The van der Waals surface area contributed by atoms with Gasteiger partial charge in [0, 0.05) is 5.56 Å². The molecule has 0 radical (unpaired) electrons. The Labute approximate surface area is 140 Å². The molecule has 2 aromatic rings. The quantitative estimate of drug-likeness (QED) is 0.456. The van der Waals surface area contributed by atoms with Gasteiger partial charge < -0.3 is 9.57 Å². The van der Waals surface area contributed by atoms with E-state index in [1.807, 2.05) is 50.2 Å². The highest BCUT2D eigenvalue weighted by Gasteiger charge is 2.16. The molecule has 0 aliphatic heterocycles. The Kier molecular flexibility index (Phi) is 5.77. The van der Waals surface area contributed by atoms with Gasteiger partial charge in [0.15, 0.2) is 5.71 Å². The zero-order valence-corrected chi connectivity index (χ0v) is 14.1. The molecule has 120 valence electrons. The van der Waals surface area contributed by atoms with Gasteiger partial charge in [0.25, 0.3) is 5.24 Å². The van der Waals surface area contributed by atoms with E-state index in [4.69, 9.17) is 21.2 Å². The van der Waals surface area contributed by atoms with Crippen LogP contribution in [0.25, 0.3) is 0 Å². The largest absolute Gasteiger partial charge is 0.489 e. The number of nitrogens with zero attached hydrogens (tertiary/aromatic N) is 1. The second-order valence-electron chi connectivity index (χ2n) is 5.04.